The fourth-order valence-corrected chi connectivity index (χ4v) is 1.79. The Kier molecular flexibility index (Phi) is 4.13. The molecule has 2 aromatic rings. The smallest absolute Gasteiger partial charge is 0.256 e. The van der Waals surface area contributed by atoms with Gasteiger partial charge in [-0.1, -0.05) is 11.6 Å². The number of hydrogen-bond acceptors (Lipinski definition) is 2. The van der Waals surface area contributed by atoms with Crippen molar-refractivity contribution in [2.75, 3.05) is 5.32 Å². The molecule has 0 aliphatic carbocycles. The zero-order valence-electron chi connectivity index (χ0n) is 8.95. The Morgan fingerprint density at radius 3 is 2.72 bits per heavy atom. The quantitative estimate of drug-likeness (QED) is 0.812. The number of carbonyl (C=O) groups excluding carboxylic acids is 1. The normalized spacial score (nSPS) is 10.2. The van der Waals surface area contributed by atoms with E-state index in [-0.39, 0.29) is 11.7 Å². The molecule has 18 heavy (non-hydrogen) atoms. The van der Waals surface area contributed by atoms with E-state index in [2.05, 4.69) is 32.9 Å². The lowest BCUT2D eigenvalue weighted by atomic mass is 10.2. The van der Waals surface area contributed by atoms with Crippen molar-refractivity contribution in [3.63, 3.8) is 0 Å². The van der Waals surface area contributed by atoms with Crippen molar-refractivity contribution in [3.8, 4) is 0 Å². The number of pyridine rings is 1. The molecule has 0 radical (unpaired) electrons. The van der Waals surface area contributed by atoms with Gasteiger partial charge in [0.05, 0.1) is 11.2 Å². The van der Waals surface area contributed by atoms with Crippen LogP contribution in [0.25, 0.3) is 0 Å². The zero-order valence-corrected chi connectivity index (χ0v) is 11.9. The van der Waals surface area contributed by atoms with Crippen LogP contribution in [0.3, 0.4) is 0 Å². The number of nitrogens with one attached hydrogen (secondary N) is 1. The van der Waals surface area contributed by atoms with Gasteiger partial charge >= 0.3 is 0 Å². The van der Waals surface area contributed by atoms with E-state index >= 15 is 0 Å². The number of rotatable bonds is 2. The number of aromatic nitrogens is 1. The monoisotopic (exact) mass is 376 g/mol. The number of carbonyl (C=O) groups is 1. The van der Waals surface area contributed by atoms with Crippen molar-refractivity contribution in [1.82, 2.24) is 4.98 Å². The summed E-state index contributed by atoms with van der Waals surface area (Å²) >= 11 is 8.00. The van der Waals surface area contributed by atoms with Crippen LogP contribution < -0.4 is 5.32 Å². The summed E-state index contributed by atoms with van der Waals surface area (Å²) in [5.74, 6) is -0.506. The van der Waals surface area contributed by atoms with Gasteiger partial charge in [0.15, 0.2) is 0 Å². The molecule has 0 bridgehead atoms. The lowest BCUT2D eigenvalue weighted by Gasteiger charge is -2.05. The van der Waals surface area contributed by atoms with E-state index in [9.17, 15) is 9.18 Å². The summed E-state index contributed by atoms with van der Waals surface area (Å²) in [4.78, 5) is 15.6. The van der Waals surface area contributed by atoms with Gasteiger partial charge in [0.2, 0.25) is 0 Å². The predicted octanol–water partition coefficient (Wildman–Crippen LogP) is 3.73. The molecule has 92 valence electrons. The van der Waals surface area contributed by atoms with E-state index in [1.807, 2.05) is 0 Å². The number of halogens is 3. The Bertz CT molecular complexity index is 589. The van der Waals surface area contributed by atoms with Gasteiger partial charge in [-0.25, -0.2) is 9.37 Å². The Morgan fingerprint density at radius 1 is 1.33 bits per heavy atom. The van der Waals surface area contributed by atoms with E-state index in [1.165, 1.54) is 12.1 Å². The molecular formula is C12H7ClFIN2O. The number of anilines is 1. The third-order valence-electron chi connectivity index (χ3n) is 2.15. The van der Waals surface area contributed by atoms with E-state index in [0.717, 1.165) is 9.77 Å². The molecule has 3 nitrogen and oxygen atoms in total. The number of hydrogen-bond donors (Lipinski definition) is 1. The molecule has 0 unspecified atom stereocenters. The van der Waals surface area contributed by atoms with Crippen molar-refractivity contribution < 1.29 is 9.18 Å². The maximum Gasteiger partial charge on any atom is 0.256 e. The molecule has 1 N–H and O–H groups in total. The summed E-state index contributed by atoms with van der Waals surface area (Å²) in [7, 11) is 0. The second-order valence-electron chi connectivity index (χ2n) is 3.44. The van der Waals surface area contributed by atoms with Crippen LogP contribution in [-0.2, 0) is 0 Å². The second kappa shape index (κ2) is 5.62. The van der Waals surface area contributed by atoms with Crippen LogP contribution in [0.15, 0.2) is 36.5 Å². The molecule has 6 heteroatoms. The molecule has 2 rings (SSSR count). The Morgan fingerprint density at radius 2 is 2.11 bits per heavy atom. The molecular weight excluding hydrogens is 370 g/mol. The summed E-state index contributed by atoms with van der Waals surface area (Å²) < 4.78 is 13.5. The fourth-order valence-electron chi connectivity index (χ4n) is 1.28. The lowest BCUT2D eigenvalue weighted by Crippen LogP contribution is -2.13. The van der Waals surface area contributed by atoms with Gasteiger partial charge < -0.3 is 5.32 Å². The van der Waals surface area contributed by atoms with Crippen LogP contribution >= 0.6 is 34.2 Å². The van der Waals surface area contributed by atoms with Crippen LogP contribution in [0.1, 0.15) is 10.4 Å². The average molecular weight is 377 g/mol. The SMILES string of the molecule is O=C(Nc1ccc(F)cn1)c1ccc(I)c(Cl)c1. The van der Waals surface area contributed by atoms with Gasteiger partial charge in [-0.3, -0.25) is 4.79 Å². The first kappa shape index (κ1) is 13.2. The summed E-state index contributed by atoms with van der Waals surface area (Å²) in [6.07, 6.45) is 1.04. The van der Waals surface area contributed by atoms with Crippen LogP contribution in [0.4, 0.5) is 10.2 Å². The lowest BCUT2D eigenvalue weighted by molar-refractivity contribution is 0.102. The van der Waals surface area contributed by atoms with Gasteiger partial charge in [-0.2, -0.15) is 0 Å². The first-order valence-corrected chi connectivity index (χ1v) is 6.40. The number of benzene rings is 1. The predicted molar refractivity (Wildman–Crippen MR) is 76.3 cm³/mol. The van der Waals surface area contributed by atoms with Crippen molar-refractivity contribution >= 4 is 45.9 Å². The van der Waals surface area contributed by atoms with Crippen molar-refractivity contribution in [2.45, 2.75) is 0 Å². The summed E-state index contributed by atoms with van der Waals surface area (Å²) in [6.45, 7) is 0. The highest BCUT2D eigenvalue weighted by Gasteiger charge is 2.08. The minimum Gasteiger partial charge on any atom is -0.307 e. The minimum absolute atomic E-state index is 0.288. The van der Waals surface area contributed by atoms with Gasteiger partial charge in [0.25, 0.3) is 5.91 Å². The van der Waals surface area contributed by atoms with Crippen molar-refractivity contribution in [3.05, 3.63) is 56.5 Å². The highest BCUT2D eigenvalue weighted by atomic mass is 127. The van der Waals surface area contributed by atoms with E-state index in [4.69, 9.17) is 11.6 Å². The van der Waals surface area contributed by atoms with E-state index < -0.39 is 5.82 Å². The largest absolute Gasteiger partial charge is 0.307 e. The van der Waals surface area contributed by atoms with E-state index in [1.54, 1.807) is 18.2 Å². The molecule has 1 amide bonds. The van der Waals surface area contributed by atoms with Crippen LogP contribution in [0.2, 0.25) is 5.02 Å². The molecule has 0 saturated heterocycles. The van der Waals surface area contributed by atoms with Gasteiger partial charge in [0.1, 0.15) is 11.6 Å². The molecule has 1 heterocycles. The highest BCUT2D eigenvalue weighted by molar-refractivity contribution is 14.1. The maximum atomic E-state index is 12.7. The first-order valence-electron chi connectivity index (χ1n) is 4.94. The summed E-state index contributed by atoms with van der Waals surface area (Å²) in [6, 6.07) is 7.59. The standard InChI is InChI=1S/C12H7ClFIN2O/c13-9-5-7(1-3-10(9)15)12(18)17-11-4-2-8(14)6-16-11/h1-6H,(H,16,17,18). The molecule has 0 aliphatic heterocycles. The van der Waals surface area contributed by atoms with Crippen LogP contribution in [0.5, 0.6) is 0 Å². The van der Waals surface area contributed by atoms with Crippen LogP contribution in [-0.4, -0.2) is 10.9 Å². The summed E-state index contributed by atoms with van der Waals surface area (Å²) in [5, 5.41) is 3.06. The Labute approximate surface area is 122 Å². The molecule has 0 saturated carbocycles. The van der Waals surface area contributed by atoms with Gasteiger partial charge in [-0.05, 0) is 52.9 Å². The molecule has 0 spiro atoms. The molecule has 0 fully saturated rings. The van der Waals surface area contributed by atoms with Crippen molar-refractivity contribution in [2.24, 2.45) is 0 Å². The van der Waals surface area contributed by atoms with E-state index in [0.29, 0.717) is 10.6 Å². The highest BCUT2D eigenvalue weighted by Crippen LogP contribution is 2.20. The number of nitrogens with zero attached hydrogens (tertiary/aromatic N) is 1. The number of amides is 1. The third kappa shape index (κ3) is 3.17. The average Bonchev–Trinajstić information content (AvgIpc) is 2.35. The molecule has 0 atom stereocenters. The van der Waals surface area contributed by atoms with Crippen molar-refractivity contribution in [1.29, 1.82) is 0 Å². The molecule has 0 aliphatic rings. The second-order valence-corrected chi connectivity index (χ2v) is 5.01. The van der Waals surface area contributed by atoms with Gasteiger partial charge in [0, 0.05) is 9.13 Å². The Hall–Kier alpha value is -1.21. The topological polar surface area (TPSA) is 42.0 Å². The minimum atomic E-state index is -0.453. The summed E-state index contributed by atoms with van der Waals surface area (Å²) in [5.41, 5.74) is 0.423. The Balaban J connectivity index is 2.16. The fraction of sp³-hybridized carbons (Fsp3) is 0. The first-order chi connectivity index (χ1) is 8.56. The maximum absolute atomic E-state index is 12.7. The van der Waals surface area contributed by atoms with Crippen LogP contribution in [0, 0.1) is 9.39 Å². The molecule has 1 aromatic heterocycles. The zero-order chi connectivity index (χ0) is 13.1. The van der Waals surface area contributed by atoms with Gasteiger partial charge in [-0.15, -0.1) is 0 Å². The third-order valence-corrected chi connectivity index (χ3v) is 3.72. The molecule has 1 aromatic carbocycles.